The number of rotatable bonds is 4. The number of hydrogen-bond donors (Lipinski definition) is 1. The van der Waals surface area contributed by atoms with Gasteiger partial charge in [0.25, 0.3) is 0 Å². The van der Waals surface area contributed by atoms with E-state index in [1.54, 1.807) is 6.07 Å². The number of nitrogens with one attached hydrogen (secondary N) is 1. The smallest absolute Gasteiger partial charge is 0.225 e. The van der Waals surface area contributed by atoms with Crippen LogP contribution in [0.1, 0.15) is 17.7 Å². The van der Waals surface area contributed by atoms with Gasteiger partial charge in [0.05, 0.1) is 0 Å². The van der Waals surface area contributed by atoms with E-state index in [1.165, 1.54) is 0 Å². The van der Waals surface area contributed by atoms with Crippen LogP contribution in [0.3, 0.4) is 0 Å². The average Bonchev–Trinajstić information content (AvgIpc) is 2.38. The second-order valence-corrected chi connectivity index (χ2v) is 4.78. The Kier molecular flexibility index (Phi) is 4.53. The largest absolute Gasteiger partial charge is 0.311 e. The van der Waals surface area contributed by atoms with Crippen molar-refractivity contribution >= 4 is 23.3 Å². The molecule has 19 heavy (non-hydrogen) atoms. The fourth-order valence-corrected chi connectivity index (χ4v) is 1.85. The fraction of sp³-hybridized carbons (Fsp3) is 0.200. The average molecular weight is 275 g/mol. The summed E-state index contributed by atoms with van der Waals surface area (Å²) in [6.45, 7) is 1.89. The molecule has 0 saturated heterocycles. The molecule has 1 heterocycles. The summed E-state index contributed by atoms with van der Waals surface area (Å²) in [6, 6.07) is 13.1. The molecule has 1 N–H and O–H groups in total. The molecule has 0 bridgehead atoms. The van der Waals surface area contributed by atoms with Crippen LogP contribution in [0, 0.1) is 6.92 Å². The molecule has 2 rings (SSSR count). The minimum absolute atomic E-state index is 0.0342. The summed E-state index contributed by atoms with van der Waals surface area (Å²) < 4.78 is 0. The molecule has 98 valence electrons. The van der Waals surface area contributed by atoms with Crippen LogP contribution < -0.4 is 5.32 Å². The van der Waals surface area contributed by atoms with Crippen LogP contribution >= 0.6 is 11.6 Å². The Balaban J connectivity index is 1.86. The maximum absolute atomic E-state index is 11.8. The second-order valence-electron chi connectivity index (χ2n) is 4.34. The van der Waals surface area contributed by atoms with E-state index < -0.39 is 0 Å². The number of amides is 1. The lowest BCUT2D eigenvalue weighted by molar-refractivity contribution is -0.116. The lowest BCUT2D eigenvalue weighted by Crippen LogP contribution is -2.13. The number of benzene rings is 1. The third kappa shape index (κ3) is 4.38. The quantitative estimate of drug-likeness (QED) is 0.925. The van der Waals surface area contributed by atoms with E-state index in [0.29, 0.717) is 23.7 Å². The van der Waals surface area contributed by atoms with Gasteiger partial charge in [0.2, 0.25) is 5.91 Å². The van der Waals surface area contributed by atoms with Crippen molar-refractivity contribution in [2.75, 3.05) is 5.32 Å². The molecular formula is C15H15ClN2O. The van der Waals surface area contributed by atoms with E-state index in [9.17, 15) is 4.79 Å². The topological polar surface area (TPSA) is 42.0 Å². The minimum Gasteiger partial charge on any atom is -0.311 e. The van der Waals surface area contributed by atoms with E-state index in [4.69, 9.17) is 11.6 Å². The van der Waals surface area contributed by atoms with Crippen LogP contribution in [-0.4, -0.2) is 10.9 Å². The van der Waals surface area contributed by atoms with Gasteiger partial charge in [0.15, 0.2) is 0 Å². The predicted octanol–water partition coefficient (Wildman–Crippen LogP) is 3.61. The van der Waals surface area contributed by atoms with Crippen molar-refractivity contribution in [2.24, 2.45) is 0 Å². The van der Waals surface area contributed by atoms with Gasteiger partial charge in [-0.3, -0.25) is 4.79 Å². The van der Waals surface area contributed by atoms with Crippen molar-refractivity contribution in [3.63, 3.8) is 0 Å². The molecule has 0 radical (unpaired) electrons. The van der Waals surface area contributed by atoms with Gasteiger partial charge in [-0.1, -0.05) is 29.8 Å². The molecule has 1 aromatic heterocycles. The van der Waals surface area contributed by atoms with Crippen LogP contribution in [0.2, 0.25) is 5.02 Å². The molecule has 0 saturated carbocycles. The number of halogens is 1. The van der Waals surface area contributed by atoms with E-state index in [1.807, 2.05) is 43.3 Å². The first kappa shape index (κ1) is 13.6. The van der Waals surface area contributed by atoms with Crippen molar-refractivity contribution in [2.45, 2.75) is 19.8 Å². The molecule has 0 unspecified atom stereocenters. The highest BCUT2D eigenvalue weighted by Crippen LogP contribution is 2.11. The number of carbonyl (C=O) groups is 1. The molecule has 0 fully saturated rings. The molecule has 0 aliphatic heterocycles. The summed E-state index contributed by atoms with van der Waals surface area (Å²) >= 11 is 5.81. The van der Waals surface area contributed by atoms with Gasteiger partial charge in [-0.15, -0.1) is 0 Å². The Morgan fingerprint density at radius 2 is 1.95 bits per heavy atom. The van der Waals surface area contributed by atoms with E-state index in [-0.39, 0.29) is 5.91 Å². The van der Waals surface area contributed by atoms with Crippen LogP contribution in [0.4, 0.5) is 5.82 Å². The van der Waals surface area contributed by atoms with Gasteiger partial charge < -0.3 is 5.32 Å². The number of anilines is 1. The number of aromatic nitrogens is 1. The van der Waals surface area contributed by atoms with E-state index in [2.05, 4.69) is 10.3 Å². The molecule has 0 spiro atoms. The molecule has 0 aliphatic carbocycles. The standard InChI is InChI=1S/C15H15ClN2O/c1-11-3-2-4-14(17-11)18-15(19)10-7-12-5-8-13(16)9-6-12/h2-6,8-9H,7,10H2,1H3,(H,17,18,19). The van der Waals surface area contributed by atoms with Crippen molar-refractivity contribution in [1.29, 1.82) is 0 Å². The SMILES string of the molecule is Cc1cccc(NC(=O)CCc2ccc(Cl)cc2)n1. The molecule has 4 heteroatoms. The van der Waals surface area contributed by atoms with Crippen LogP contribution in [0.5, 0.6) is 0 Å². The number of hydrogen-bond acceptors (Lipinski definition) is 2. The predicted molar refractivity (Wildman–Crippen MR) is 77.4 cm³/mol. The van der Waals surface area contributed by atoms with E-state index >= 15 is 0 Å². The second kappa shape index (κ2) is 6.34. The third-order valence-electron chi connectivity index (χ3n) is 2.71. The van der Waals surface area contributed by atoms with Crippen LogP contribution in [-0.2, 0) is 11.2 Å². The first-order chi connectivity index (χ1) is 9.13. The molecule has 0 atom stereocenters. The van der Waals surface area contributed by atoms with Gasteiger partial charge >= 0.3 is 0 Å². The van der Waals surface area contributed by atoms with Gasteiger partial charge in [-0.2, -0.15) is 0 Å². The van der Waals surface area contributed by atoms with Crippen molar-refractivity contribution in [3.8, 4) is 0 Å². The molecule has 1 aromatic carbocycles. The Morgan fingerprint density at radius 3 is 2.63 bits per heavy atom. The zero-order chi connectivity index (χ0) is 13.7. The van der Waals surface area contributed by atoms with E-state index in [0.717, 1.165) is 11.3 Å². The zero-order valence-corrected chi connectivity index (χ0v) is 11.4. The number of pyridine rings is 1. The molecule has 0 aliphatic rings. The fourth-order valence-electron chi connectivity index (χ4n) is 1.73. The molecule has 3 nitrogen and oxygen atoms in total. The van der Waals surface area contributed by atoms with Gasteiger partial charge in [0, 0.05) is 17.1 Å². The van der Waals surface area contributed by atoms with Gasteiger partial charge in [0.1, 0.15) is 5.82 Å². The monoisotopic (exact) mass is 274 g/mol. The Morgan fingerprint density at radius 1 is 1.21 bits per heavy atom. The lowest BCUT2D eigenvalue weighted by atomic mass is 10.1. The normalized spacial score (nSPS) is 10.2. The number of aryl methyl sites for hydroxylation is 2. The Hall–Kier alpha value is -1.87. The minimum atomic E-state index is -0.0342. The first-order valence-electron chi connectivity index (χ1n) is 6.11. The Labute approximate surface area is 117 Å². The summed E-state index contributed by atoms with van der Waals surface area (Å²) in [5.41, 5.74) is 1.98. The van der Waals surface area contributed by atoms with Crippen molar-refractivity contribution < 1.29 is 4.79 Å². The number of carbonyl (C=O) groups excluding carboxylic acids is 1. The highest BCUT2D eigenvalue weighted by Gasteiger charge is 2.04. The highest BCUT2D eigenvalue weighted by molar-refractivity contribution is 6.30. The summed E-state index contributed by atoms with van der Waals surface area (Å²) in [5, 5.41) is 3.49. The van der Waals surface area contributed by atoms with Gasteiger partial charge in [-0.25, -0.2) is 4.98 Å². The van der Waals surface area contributed by atoms with Crippen LogP contribution in [0.25, 0.3) is 0 Å². The molecular weight excluding hydrogens is 260 g/mol. The summed E-state index contributed by atoms with van der Waals surface area (Å²) in [6.07, 6.45) is 1.12. The summed E-state index contributed by atoms with van der Waals surface area (Å²) in [4.78, 5) is 16.0. The maximum atomic E-state index is 11.8. The van der Waals surface area contributed by atoms with Crippen LogP contribution in [0.15, 0.2) is 42.5 Å². The molecule has 1 amide bonds. The van der Waals surface area contributed by atoms with Gasteiger partial charge in [-0.05, 0) is 43.2 Å². The molecule has 2 aromatic rings. The summed E-state index contributed by atoms with van der Waals surface area (Å²) in [7, 11) is 0. The van der Waals surface area contributed by atoms with Crippen molar-refractivity contribution in [3.05, 3.63) is 58.7 Å². The lowest BCUT2D eigenvalue weighted by Gasteiger charge is -2.05. The maximum Gasteiger partial charge on any atom is 0.225 e. The zero-order valence-electron chi connectivity index (χ0n) is 10.7. The Bertz CT molecular complexity index is 567. The number of nitrogens with zero attached hydrogens (tertiary/aromatic N) is 1. The third-order valence-corrected chi connectivity index (χ3v) is 2.96. The van der Waals surface area contributed by atoms with Crippen molar-refractivity contribution in [1.82, 2.24) is 4.98 Å². The first-order valence-corrected chi connectivity index (χ1v) is 6.49. The highest BCUT2D eigenvalue weighted by atomic mass is 35.5. The summed E-state index contributed by atoms with van der Waals surface area (Å²) in [5.74, 6) is 0.564.